The van der Waals surface area contributed by atoms with Gasteiger partial charge in [-0.15, -0.1) is 22.7 Å². The van der Waals surface area contributed by atoms with Crippen LogP contribution in [-0.4, -0.2) is 15.9 Å². The normalized spacial score (nSPS) is 11.0. The van der Waals surface area contributed by atoms with Gasteiger partial charge in [0, 0.05) is 40.5 Å². The second-order valence-corrected chi connectivity index (χ2v) is 7.80. The van der Waals surface area contributed by atoms with E-state index in [1.54, 1.807) is 23.7 Å². The molecule has 0 aliphatic rings. The molecule has 1 amide bonds. The van der Waals surface area contributed by atoms with Gasteiger partial charge in [-0.3, -0.25) is 9.78 Å². The van der Waals surface area contributed by atoms with Gasteiger partial charge in [-0.2, -0.15) is 0 Å². The van der Waals surface area contributed by atoms with Gasteiger partial charge in [-0.1, -0.05) is 12.1 Å². The number of hydrogen-bond acceptors (Lipinski definition) is 6. The van der Waals surface area contributed by atoms with Crippen molar-refractivity contribution in [2.75, 3.05) is 5.73 Å². The summed E-state index contributed by atoms with van der Waals surface area (Å²) in [6.45, 7) is 2.36. The molecule has 0 bridgehead atoms. The van der Waals surface area contributed by atoms with E-state index in [1.165, 1.54) is 11.3 Å². The fourth-order valence-corrected chi connectivity index (χ4v) is 4.63. The number of nitrogen functional groups attached to an aromatic ring is 1. The summed E-state index contributed by atoms with van der Waals surface area (Å²) in [5.74, 6) is -0.191. The predicted molar refractivity (Wildman–Crippen MR) is 107 cm³/mol. The van der Waals surface area contributed by atoms with Gasteiger partial charge in [0.2, 0.25) is 0 Å². The fourth-order valence-electron chi connectivity index (χ4n) is 2.80. The number of hydrogen-bond donors (Lipinski definition) is 2. The minimum atomic E-state index is -0.191. The van der Waals surface area contributed by atoms with Gasteiger partial charge in [-0.25, -0.2) is 4.98 Å². The van der Waals surface area contributed by atoms with Crippen LogP contribution in [0.5, 0.6) is 0 Å². The summed E-state index contributed by atoms with van der Waals surface area (Å²) >= 11 is 2.98. The zero-order valence-electron chi connectivity index (χ0n) is 14.0. The van der Waals surface area contributed by atoms with Crippen LogP contribution in [0.3, 0.4) is 0 Å². The molecule has 4 aromatic heterocycles. The van der Waals surface area contributed by atoms with E-state index < -0.39 is 0 Å². The van der Waals surface area contributed by atoms with E-state index >= 15 is 0 Å². The highest BCUT2D eigenvalue weighted by Gasteiger charge is 2.20. The Hall–Kier alpha value is -2.77. The first kappa shape index (κ1) is 16.7. The third-order valence-corrected chi connectivity index (χ3v) is 6.00. The first-order chi connectivity index (χ1) is 12.6. The Kier molecular flexibility index (Phi) is 4.40. The average Bonchev–Trinajstić information content (AvgIpc) is 3.28. The molecule has 26 heavy (non-hydrogen) atoms. The summed E-state index contributed by atoms with van der Waals surface area (Å²) < 4.78 is 0. The molecule has 4 aromatic rings. The van der Waals surface area contributed by atoms with E-state index in [9.17, 15) is 4.79 Å². The summed E-state index contributed by atoms with van der Waals surface area (Å²) in [5.41, 5.74) is 9.73. The Labute approximate surface area is 158 Å². The van der Waals surface area contributed by atoms with Gasteiger partial charge in [0.05, 0.1) is 5.69 Å². The summed E-state index contributed by atoms with van der Waals surface area (Å²) in [5, 5.41) is 5.80. The van der Waals surface area contributed by atoms with Crippen molar-refractivity contribution >= 4 is 44.5 Å². The molecular weight excluding hydrogens is 364 g/mol. The SMILES string of the molecule is Cc1cc(-c2cccs2)c2c(N)c(C(=O)NCc3cccnc3)sc2n1. The van der Waals surface area contributed by atoms with Crippen molar-refractivity contribution in [2.45, 2.75) is 13.5 Å². The number of carbonyl (C=O) groups excluding carboxylic acids is 1. The highest BCUT2D eigenvalue weighted by molar-refractivity contribution is 7.21. The van der Waals surface area contributed by atoms with Crippen molar-refractivity contribution in [1.82, 2.24) is 15.3 Å². The first-order valence-corrected chi connectivity index (χ1v) is 9.73. The van der Waals surface area contributed by atoms with Crippen molar-refractivity contribution in [3.05, 3.63) is 64.2 Å². The number of nitrogens with zero attached hydrogens (tertiary/aromatic N) is 2. The smallest absolute Gasteiger partial charge is 0.263 e. The summed E-state index contributed by atoms with van der Waals surface area (Å²) in [4.78, 5) is 23.7. The molecule has 4 rings (SSSR count). The van der Waals surface area contributed by atoms with Crippen LogP contribution in [0, 0.1) is 6.92 Å². The molecule has 0 atom stereocenters. The number of pyridine rings is 2. The van der Waals surface area contributed by atoms with Crippen LogP contribution in [0.15, 0.2) is 48.1 Å². The minimum absolute atomic E-state index is 0.191. The molecule has 5 nitrogen and oxygen atoms in total. The molecule has 0 unspecified atom stereocenters. The van der Waals surface area contributed by atoms with Crippen LogP contribution >= 0.6 is 22.7 Å². The standard InChI is InChI=1S/C19H16N4OS2/c1-11-8-13(14-5-3-7-25-14)15-16(20)17(26-19(15)23-11)18(24)22-10-12-4-2-6-21-9-12/h2-9H,10,20H2,1H3,(H,22,24). The van der Waals surface area contributed by atoms with Crippen LogP contribution in [-0.2, 0) is 6.54 Å². The molecule has 7 heteroatoms. The van der Waals surface area contributed by atoms with E-state index in [0.29, 0.717) is 17.1 Å². The molecule has 3 N–H and O–H groups in total. The molecule has 130 valence electrons. The molecule has 0 aliphatic heterocycles. The average molecular weight is 380 g/mol. The van der Waals surface area contributed by atoms with Gasteiger partial charge >= 0.3 is 0 Å². The highest BCUT2D eigenvalue weighted by Crippen LogP contribution is 2.40. The molecule has 0 aromatic carbocycles. The summed E-state index contributed by atoms with van der Waals surface area (Å²) in [6.07, 6.45) is 3.43. The number of thiophene rings is 2. The lowest BCUT2D eigenvalue weighted by Gasteiger charge is -2.05. The van der Waals surface area contributed by atoms with Crippen LogP contribution in [0.4, 0.5) is 5.69 Å². The Morgan fingerprint density at radius 1 is 1.31 bits per heavy atom. The van der Waals surface area contributed by atoms with E-state index in [-0.39, 0.29) is 5.91 Å². The number of aromatic nitrogens is 2. The van der Waals surface area contributed by atoms with Crippen LogP contribution in [0.25, 0.3) is 20.7 Å². The third kappa shape index (κ3) is 3.07. The van der Waals surface area contributed by atoms with Gasteiger partial charge in [0.15, 0.2) is 0 Å². The van der Waals surface area contributed by atoms with Crippen molar-refractivity contribution in [3.8, 4) is 10.4 Å². The third-order valence-electron chi connectivity index (χ3n) is 4.00. The number of fused-ring (bicyclic) bond motifs is 1. The molecule has 0 radical (unpaired) electrons. The lowest BCUT2D eigenvalue weighted by atomic mass is 10.1. The van der Waals surface area contributed by atoms with Crippen molar-refractivity contribution in [2.24, 2.45) is 0 Å². The first-order valence-electron chi connectivity index (χ1n) is 8.04. The highest BCUT2D eigenvalue weighted by atomic mass is 32.1. The summed E-state index contributed by atoms with van der Waals surface area (Å²) in [6, 6.07) is 9.84. The van der Waals surface area contributed by atoms with Crippen molar-refractivity contribution < 1.29 is 4.79 Å². The van der Waals surface area contributed by atoms with E-state index in [1.807, 2.05) is 36.6 Å². The Morgan fingerprint density at radius 3 is 2.92 bits per heavy atom. The lowest BCUT2D eigenvalue weighted by molar-refractivity contribution is 0.0956. The van der Waals surface area contributed by atoms with Gasteiger partial charge in [-0.05, 0) is 36.1 Å². The number of nitrogens with one attached hydrogen (secondary N) is 1. The second kappa shape index (κ2) is 6.86. The second-order valence-electron chi connectivity index (χ2n) is 5.86. The van der Waals surface area contributed by atoms with Crippen molar-refractivity contribution in [1.29, 1.82) is 0 Å². The predicted octanol–water partition coefficient (Wildman–Crippen LogP) is 4.24. The molecular formula is C19H16N4OS2. The van der Waals surface area contributed by atoms with Crippen LogP contribution < -0.4 is 11.1 Å². The maximum absolute atomic E-state index is 12.7. The Bertz CT molecular complexity index is 1070. The number of amides is 1. The lowest BCUT2D eigenvalue weighted by Crippen LogP contribution is -2.22. The maximum Gasteiger partial charge on any atom is 0.263 e. The van der Waals surface area contributed by atoms with E-state index in [4.69, 9.17) is 5.73 Å². The Morgan fingerprint density at radius 2 is 2.19 bits per heavy atom. The maximum atomic E-state index is 12.7. The van der Waals surface area contributed by atoms with Crippen molar-refractivity contribution in [3.63, 3.8) is 0 Å². The van der Waals surface area contributed by atoms with Crippen LogP contribution in [0.1, 0.15) is 20.9 Å². The van der Waals surface area contributed by atoms with Gasteiger partial charge in [0.1, 0.15) is 9.71 Å². The molecule has 0 spiro atoms. The molecule has 0 fully saturated rings. The number of carbonyl (C=O) groups is 1. The molecule has 0 saturated heterocycles. The van der Waals surface area contributed by atoms with Gasteiger partial charge in [0.25, 0.3) is 5.91 Å². The topological polar surface area (TPSA) is 80.9 Å². The minimum Gasteiger partial charge on any atom is -0.397 e. The molecule has 0 saturated carbocycles. The van der Waals surface area contributed by atoms with Crippen LogP contribution in [0.2, 0.25) is 0 Å². The largest absolute Gasteiger partial charge is 0.397 e. The number of anilines is 1. The summed E-state index contributed by atoms with van der Waals surface area (Å²) in [7, 11) is 0. The molecule has 0 aliphatic carbocycles. The monoisotopic (exact) mass is 380 g/mol. The quantitative estimate of drug-likeness (QED) is 0.555. The van der Waals surface area contributed by atoms with E-state index in [2.05, 4.69) is 21.4 Å². The fraction of sp³-hybridized carbons (Fsp3) is 0.105. The molecule has 4 heterocycles. The zero-order valence-corrected chi connectivity index (χ0v) is 15.7. The van der Waals surface area contributed by atoms with E-state index in [0.717, 1.165) is 31.9 Å². The number of rotatable bonds is 4. The Balaban J connectivity index is 1.71. The number of aryl methyl sites for hydroxylation is 1. The number of nitrogens with two attached hydrogens (primary N) is 1. The zero-order chi connectivity index (χ0) is 18.1. The van der Waals surface area contributed by atoms with Gasteiger partial charge < -0.3 is 11.1 Å².